The van der Waals surface area contributed by atoms with Crippen LogP contribution in [0.15, 0.2) is 28.0 Å². The molecule has 0 saturated carbocycles. The Hall–Kier alpha value is -0.870. The standard InChI is InChI=1S/C14H22N2O5S2.ClH/c1-10-11(2)16(8-7-15-10)23(19,20)14-9-12(22(4,17)18)5-6-13(14)21-3;/h5-6,9-11,15H,7-8H2,1-4H3;1H. The van der Waals surface area contributed by atoms with Gasteiger partial charge in [0.1, 0.15) is 10.6 Å². The van der Waals surface area contributed by atoms with E-state index >= 15 is 0 Å². The van der Waals surface area contributed by atoms with Crippen molar-refractivity contribution < 1.29 is 21.6 Å². The summed E-state index contributed by atoms with van der Waals surface area (Å²) in [5.74, 6) is 0.135. The molecule has 2 unspecified atom stereocenters. The maximum Gasteiger partial charge on any atom is 0.247 e. The Morgan fingerprint density at radius 2 is 1.83 bits per heavy atom. The molecule has 0 amide bonds. The molecule has 1 aliphatic heterocycles. The fourth-order valence-corrected chi connectivity index (χ4v) is 5.19. The SMILES string of the molecule is COc1ccc(S(C)(=O)=O)cc1S(=O)(=O)N1CCNC(C)C1C.Cl. The van der Waals surface area contributed by atoms with Gasteiger partial charge in [-0.1, -0.05) is 0 Å². The van der Waals surface area contributed by atoms with Crippen LogP contribution in [0.1, 0.15) is 13.8 Å². The van der Waals surface area contributed by atoms with Gasteiger partial charge < -0.3 is 10.1 Å². The van der Waals surface area contributed by atoms with Crippen LogP contribution in [0.3, 0.4) is 0 Å². The summed E-state index contributed by atoms with van der Waals surface area (Å²) in [4.78, 5) is -0.170. The second-order valence-electron chi connectivity index (χ2n) is 5.68. The lowest BCUT2D eigenvalue weighted by atomic mass is 10.1. The highest BCUT2D eigenvalue weighted by Crippen LogP contribution is 2.31. The Kier molecular flexibility index (Phi) is 6.68. The van der Waals surface area contributed by atoms with E-state index in [9.17, 15) is 16.8 Å². The Morgan fingerprint density at radius 3 is 2.38 bits per heavy atom. The average molecular weight is 399 g/mol. The van der Waals surface area contributed by atoms with E-state index in [0.29, 0.717) is 13.1 Å². The van der Waals surface area contributed by atoms with Crippen molar-refractivity contribution in [1.82, 2.24) is 9.62 Å². The number of methoxy groups -OCH3 is 1. The Balaban J connectivity index is 0.00000288. The highest BCUT2D eigenvalue weighted by Gasteiger charge is 2.36. The molecular formula is C14H23ClN2O5S2. The molecule has 1 fully saturated rings. The molecule has 0 radical (unpaired) electrons. The van der Waals surface area contributed by atoms with Crippen molar-refractivity contribution in [2.24, 2.45) is 0 Å². The molecule has 0 bridgehead atoms. The summed E-state index contributed by atoms with van der Waals surface area (Å²) in [5, 5.41) is 3.22. The number of benzene rings is 1. The Morgan fingerprint density at radius 1 is 1.21 bits per heavy atom. The van der Waals surface area contributed by atoms with Crippen LogP contribution in [0.5, 0.6) is 5.75 Å². The van der Waals surface area contributed by atoms with Gasteiger partial charge in [-0.2, -0.15) is 4.31 Å². The van der Waals surface area contributed by atoms with Gasteiger partial charge in [0.2, 0.25) is 10.0 Å². The number of piperazine rings is 1. The molecule has 1 aromatic rings. The van der Waals surface area contributed by atoms with E-state index in [1.807, 2.05) is 13.8 Å². The van der Waals surface area contributed by atoms with E-state index in [-0.39, 0.29) is 40.0 Å². The minimum Gasteiger partial charge on any atom is -0.495 e. The van der Waals surface area contributed by atoms with Crippen LogP contribution >= 0.6 is 12.4 Å². The summed E-state index contributed by atoms with van der Waals surface area (Å²) < 4.78 is 56.1. The zero-order valence-electron chi connectivity index (χ0n) is 14.0. The van der Waals surface area contributed by atoms with Crippen LogP contribution in [0.25, 0.3) is 0 Å². The van der Waals surface area contributed by atoms with Gasteiger partial charge in [0.15, 0.2) is 9.84 Å². The number of nitrogens with zero attached hydrogens (tertiary/aromatic N) is 1. The van der Waals surface area contributed by atoms with Crippen molar-refractivity contribution >= 4 is 32.3 Å². The number of hydrogen-bond donors (Lipinski definition) is 1. The van der Waals surface area contributed by atoms with Crippen molar-refractivity contribution in [3.8, 4) is 5.75 Å². The number of hydrogen-bond acceptors (Lipinski definition) is 6. The zero-order valence-corrected chi connectivity index (χ0v) is 16.5. The minimum atomic E-state index is -3.87. The van der Waals surface area contributed by atoms with Crippen molar-refractivity contribution in [3.63, 3.8) is 0 Å². The first kappa shape index (κ1) is 21.2. The minimum absolute atomic E-state index is 0. The number of sulfonamides is 1. The maximum atomic E-state index is 13.0. The fraction of sp³-hybridized carbons (Fsp3) is 0.571. The van der Waals surface area contributed by atoms with Crippen LogP contribution in [0, 0.1) is 0 Å². The molecule has 1 aromatic carbocycles. The summed E-state index contributed by atoms with van der Waals surface area (Å²) in [6.45, 7) is 4.59. The number of sulfone groups is 1. The predicted molar refractivity (Wildman–Crippen MR) is 94.2 cm³/mol. The van der Waals surface area contributed by atoms with E-state index in [1.54, 1.807) is 0 Å². The fourth-order valence-electron chi connectivity index (χ4n) is 2.58. The van der Waals surface area contributed by atoms with Gasteiger partial charge >= 0.3 is 0 Å². The second kappa shape index (κ2) is 7.57. The summed E-state index contributed by atoms with van der Waals surface area (Å²) in [5.41, 5.74) is 0. The van der Waals surface area contributed by atoms with Crippen LogP contribution in [0.4, 0.5) is 0 Å². The number of nitrogens with one attached hydrogen (secondary N) is 1. The lowest BCUT2D eigenvalue weighted by molar-refractivity contribution is 0.232. The lowest BCUT2D eigenvalue weighted by Crippen LogP contribution is -2.57. The lowest BCUT2D eigenvalue weighted by Gasteiger charge is -2.37. The van der Waals surface area contributed by atoms with E-state index in [1.165, 1.54) is 29.6 Å². The molecule has 1 saturated heterocycles. The average Bonchev–Trinajstić information content (AvgIpc) is 2.48. The molecule has 24 heavy (non-hydrogen) atoms. The van der Waals surface area contributed by atoms with Gasteiger partial charge in [0.25, 0.3) is 0 Å². The normalized spacial score (nSPS) is 22.7. The summed E-state index contributed by atoms with van der Waals surface area (Å²) in [6, 6.07) is 3.64. The molecule has 2 rings (SSSR count). The molecule has 0 spiro atoms. The van der Waals surface area contributed by atoms with Crippen LogP contribution in [-0.2, 0) is 19.9 Å². The van der Waals surface area contributed by atoms with Gasteiger partial charge in [-0.05, 0) is 32.0 Å². The molecule has 1 aliphatic rings. The molecule has 1 N–H and O–H groups in total. The largest absolute Gasteiger partial charge is 0.495 e. The summed E-state index contributed by atoms with van der Waals surface area (Å²) in [7, 11) is -6.02. The molecule has 0 aliphatic carbocycles. The van der Waals surface area contributed by atoms with Gasteiger partial charge in [-0.3, -0.25) is 0 Å². The summed E-state index contributed by atoms with van der Waals surface area (Å²) >= 11 is 0. The zero-order chi connectivity index (χ0) is 17.4. The maximum absolute atomic E-state index is 13.0. The van der Waals surface area contributed by atoms with Crippen molar-refractivity contribution in [3.05, 3.63) is 18.2 Å². The third-order valence-electron chi connectivity index (χ3n) is 4.13. The van der Waals surface area contributed by atoms with E-state index in [4.69, 9.17) is 4.74 Å². The molecule has 7 nitrogen and oxygen atoms in total. The number of rotatable bonds is 4. The molecule has 10 heteroatoms. The van der Waals surface area contributed by atoms with Crippen molar-refractivity contribution in [2.45, 2.75) is 35.7 Å². The van der Waals surface area contributed by atoms with Crippen LogP contribution in [0.2, 0.25) is 0 Å². The van der Waals surface area contributed by atoms with Gasteiger partial charge in [-0.25, -0.2) is 16.8 Å². The van der Waals surface area contributed by atoms with Crippen LogP contribution in [-0.4, -0.2) is 59.7 Å². The Bertz CT molecular complexity index is 795. The predicted octanol–water partition coefficient (Wildman–Crippen LogP) is 0.891. The third kappa shape index (κ3) is 4.02. The topological polar surface area (TPSA) is 92.8 Å². The second-order valence-corrected chi connectivity index (χ2v) is 9.56. The van der Waals surface area contributed by atoms with Gasteiger partial charge in [0, 0.05) is 31.4 Å². The van der Waals surface area contributed by atoms with Crippen molar-refractivity contribution in [1.29, 1.82) is 0 Å². The first-order valence-electron chi connectivity index (χ1n) is 7.22. The molecule has 1 heterocycles. The number of halogens is 1. The van der Waals surface area contributed by atoms with E-state index in [0.717, 1.165) is 6.26 Å². The monoisotopic (exact) mass is 398 g/mol. The molecule has 2 atom stereocenters. The first-order valence-corrected chi connectivity index (χ1v) is 10.6. The first-order chi connectivity index (χ1) is 10.6. The molecular weight excluding hydrogens is 376 g/mol. The number of ether oxygens (including phenoxy) is 1. The molecule has 0 aromatic heterocycles. The Labute approximate surface area is 149 Å². The van der Waals surface area contributed by atoms with Crippen LogP contribution < -0.4 is 10.1 Å². The van der Waals surface area contributed by atoms with Crippen molar-refractivity contribution in [2.75, 3.05) is 26.5 Å². The summed E-state index contributed by atoms with van der Waals surface area (Å²) in [6.07, 6.45) is 1.04. The quantitative estimate of drug-likeness (QED) is 0.809. The van der Waals surface area contributed by atoms with Gasteiger partial charge in [-0.15, -0.1) is 12.4 Å². The smallest absolute Gasteiger partial charge is 0.247 e. The van der Waals surface area contributed by atoms with E-state index in [2.05, 4.69) is 5.32 Å². The van der Waals surface area contributed by atoms with E-state index < -0.39 is 19.9 Å². The molecule has 138 valence electrons. The highest BCUT2D eigenvalue weighted by molar-refractivity contribution is 7.91. The third-order valence-corrected chi connectivity index (χ3v) is 7.24. The van der Waals surface area contributed by atoms with Gasteiger partial charge in [0.05, 0.1) is 12.0 Å². The highest BCUT2D eigenvalue weighted by atomic mass is 35.5.